The third-order valence-electron chi connectivity index (χ3n) is 4.16. The Bertz CT molecular complexity index is 763. The molecule has 11 heteroatoms. The minimum Gasteiger partial charge on any atom is -0.351 e. The number of benzene rings is 1. The van der Waals surface area contributed by atoms with E-state index in [-0.39, 0.29) is 19.0 Å². The van der Waals surface area contributed by atoms with Crippen LogP contribution in [0.5, 0.6) is 0 Å². The van der Waals surface area contributed by atoms with Gasteiger partial charge in [-0.1, -0.05) is 11.6 Å². The van der Waals surface area contributed by atoms with Crippen LogP contribution in [0.1, 0.15) is 12.5 Å². The molecule has 1 aliphatic heterocycles. The molecule has 2 rings (SSSR count). The fourth-order valence-corrected chi connectivity index (χ4v) is 4.43. The van der Waals surface area contributed by atoms with Crippen LogP contribution in [0.4, 0.5) is 13.2 Å². The van der Waals surface area contributed by atoms with Gasteiger partial charge in [0.05, 0.1) is 54.8 Å². The standard InChI is InChI=1S/C15H19ClF3N3O3S/c1-11(23)20-4-5-21-6-8-22(9-7-21)26(24,25)12-2-3-14(16)13(10-12)15(17,18)19/h2-3,10H,4-9H2,1H3,(H,20,23)/p+1. The van der Waals surface area contributed by atoms with E-state index < -0.39 is 31.7 Å². The lowest BCUT2D eigenvalue weighted by molar-refractivity contribution is -0.902. The molecule has 0 aliphatic carbocycles. The highest BCUT2D eigenvalue weighted by molar-refractivity contribution is 7.89. The maximum absolute atomic E-state index is 13.0. The van der Waals surface area contributed by atoms with Gasteiger partial charge in [0.2, 0.25) is 15.9 Å². The van der Waals surface area contributed by atoms with Gasteiger partial charge in [0.15, 0.2) is 0 Å². The molecule has 0 aromatic heterocycles. The summed E-state index contributed by atoms with van der Waals surface area (Å²) >= 11 is 5.54. The van der Waals surface area contributed by atoms with E-state index in [0.717, 1.165) is 17.0 Å². The van der Waals surface area contributed by atoms with Crippen LogP contribution >= 0.6 is 11.6 Å². The van der Waals surface area contributed by atoms with Gasteiger partial charge in [-0.25, -0.2) is 8.42 Å². The van der Waals surface area contributed by atoms with E-state index in [1.807, 2.05) is 0 Å². The van der Waals surface area contributed by atoms with Crippen LogP contribution in [-0.2, 0) is 21.0 Å². The second kappa shape index (κ2) is 8.12. The highest BCUT2D eigenvalue weighted by Crippen LogP contribution is 2.36. The highest BCUT2D eigenvalue weighted by atomic mass is 35.5. The summed E-state index contributed by atoms with van der Waals surface area (Å²) in [5.41, 5.74) is -1.17. The number of rotatable bonds is 5. The summed E-state index contributed by atoms with van der Waals surface area (Å²) in [7, 11) is -4.03. The summed E-state index contributed by atoms with van der Waals surface area (Å²) < 4.78 is 65.3. The minimum absolute atomic E-state index is 0.131. The molecule has 0 unspecified atom stereocenters. The van der Waals surface area contributed by atoms with E-state index >= 15 is 0 Å². The number of quaternary nitrogens is 1. The van der Waals surface area contributed by atoms with Crippen molar-refractivity contribution >= 4 is 27.5 Å². The Morgan fingerprint density at radius 3 is 2.46 bits per heavy atom. The molecule has 0 bridgehead atoms. The lowest BCUT2D eigenvalue weighted by atomic mass is 10.2. The zero-order valence-electron chi connectivity index (χ0n) is 14.1. The first-order valence-electron chi connectivity index (χ1n) is 7.96. The number of nitrogens with one attached hydrogen (secondary N) is 2. The molecule has 146 valence electrons. The van der Waals surface area contributed by atoms with E-state index in [0.29, 0.717) is 32.2 Å². The SMILES string of the molecule is CC(=O)NCC[NH+]1CCN(S(=O)(=O)c2ccc(Cl)c(C(F)(F)F)c2)CC1. The van der Waals surface area contributed by atoms with Gasteiger partial charge < -0.3 is 10.2 Å². The molecule has 0 saturated carbocycles. The Kier molecular flexibility index (Phi) is 6.54. The molecular formula is C15H20ClF3N3O3S+. The number of alkyl halides is 3. The van der Waals surface area contributed by atoms with Crippen molar-refractivity contribution in [2.24, 2.45) is 0 Å². The Morgan fingerprint density at radius 2 is 1.92 bits per heavy atom. The van der Waals surface area contributed by atoms with Gasteiger partial charge in [-0.3, -0.25) is 4.79 Å². The van der Waals surface area contributed by atoms with Crippen LogP contribution in [0.15, 0.2) is 23.1 Å². The summed E-state index contributed by atoms with van der Waals surface area (Å²) in [6.07, 6.45) is -4.73. The van der Waals surface area contributed by atoms with Crippen LogP contribution in [0.3, 0.4) is 0 Å². The zero-order chi connectivity index (χ0) is 19.5. The van der Waals surface area contributed by atoms with Crippen LogP contribution < -0.4 is 10.2 Å². The molecule has 2 N–H and O–H groups in total. The summed E-state index contributed by atoms with van der Waals surface area (Å²) in [5, 5.41) is 2.14. The van der Waals surface area contributed by atoms with Gasteiger partial charge >= 0.3 is 6.18 Å². The van der Waals surface area contributed by atoms with Crippen LogP contribution in [0.25, 0.3) is 0 Å². The number of carbonyl (C=O) groups excluding carboxylic acids is 1. The van der Waals surface area contributed by atoms with Crippen molar-refractivity contribution in [1.82, 2.24) is 9.62 Å². The average molecular weight is 415 g/mol. The number of piperazine rings is 1. The largest absolute Gasteiger partial charge is 0.417 e. The normalized spacial score (nSPS) is 17.3. The lowest BCUT2D eigenvalue weighted by Crippen LogP contribution is -3.15. The molecule has 0 atom stereocenters. The van der Waals surface area contributed by atoms with Crippen molar-refractivity contribution in [2.75, 3.05) is 39.3 Å². The first-order valence-corrected chi connectivity index (χ1v) is 9.78. The molecule has 6 nitrogen and oxygen atoms in total. The van der Waals surface area contributed by atoms with Gasteiger partial charge in [0, 0.05) is 6.92 Å². The molecule has 0 radical (unpaired) electrons. The summed E-state index contributed by atoms with van der Waals surface area (Å²) in [4.78, 5) is 11.6. The number of hydrogen-bond donors (Lipinski definition) is 2. The predicted octanol–water partition coefficient (Wildman–Crippen LogP) is 0.384. The Balaban J connectivity index is 2.07. The number of halogens is 4. The van der Waals surface area contributed by atoms with Crippen molar-refractivity contribution in [2.45, 2.75) is 18.0 Å². The molecule has 1 aliphatic rings. The Labute approximate surface area is 155 Å². The first-order chi connectivity index (χ1) is 12.0. The van der Waals surface area contributed by atoms with E-state index in [2.05, 4.69) is 5.32 Å². The summed E-state index contributed by atoms with van der Waals surface area (Å²) in [6, 6.07) is 2.61. The smallest absolute Gasteiger partial charge is 0.351 e. The minimum atomic E-state index is -4.73. The summed E-state index contributed by atoms with van der Waals surface area (Å²) in [5.74, 6) is -0.131. The third kappa shape index (κ3) is 5.09. The molecule has 1 amide bonds. The Morgan fingerprint density at radius 1 is 1.31 bits per heavy atom. The van der Waals surface area contributed by atoms with E-state index in [4.69, 9.17) is 11.6 Å². The van der Waals surface area contributed by atoms with Crippen LogP contribution in [0, 0.1) is 0 Å². The third-order valence-corrected chi connectivity index (χ3v) is 6.39. The lowest BCUT2D eigenvalue weighted by Gasteiger charge is -2.31. The molecule has 1 fully saturated rings. The monoisotopic (exact) mass is 414 g/mol. The topological polar surface area (TPSA) is 70.9 Å². The fourth-order valence-electron chi connectivity index (χ4n) is 2.74. The maximum Gasteiger partial charge on any atom is 0.417 e. The fraction of sp³-hybridized carbons (Fsp3) is 0.533. The van der Waals surface area contributed by atoms with Gasteiger partial charge in [-0.05, 0) is 18.2 Å². The number of carbonyl (C=O) groups is 1. The van der Waals surface area contributed by atoms with E-state index in [9.17, 15) is 26.4 Å². The quantitative estimate of drug-likeness (QED) is 0.732. The van der Waals surface area contributed by atoms with Crippen LogP contribution in [-0.4, -0.2) is 57.9 Å². The number of sulfonamides is 1. The molecule has 1 saturated heterocycles. The predicted molar refractivity (Wildman–Crippen MR) is 89.5 cm³/mol. The highest BCUT2D eigenvalue weighted by Gasteiger charge is 2.36. The van der Waals surface area contributed by atoms with Gasteiger partial charge in [-0.15, -0.1) is 0 Å². The van der Waals surface area contributed by atoms with Gasteiger partial charge in [0.25, 0.3) is 0 Å². The second-order valence-corrected chi connectivity index (χ2v) is 8.37. The van der Waals surface area contributed by atoms with Crippen molar-refractivity contribution in [3.8, 4) is 0 Å². The van der Waals surface area contributed by atoms with Gasteiger partial charge in [0.1, 0.15) is 0 Å². The molecule has 26 heavy (non-hydrogen) atoms. The molecule has 1 aromatic rings. The summed E-state index contributed by atoms with van der Waals surface area (Å²) in [6.45, 7) is 3.98. The zero-order valence-corrected chi connectivity index (χ0v) is 15.6. The van der Waals surface area contributed by atoms with Crippen LogP contribution in [0.2, 0.25) is 5.02 Å². The molecule has 0 spiro atoms. The number of amides is 1. The number of hydrogen-bond acceptors (Lipinski definition) is 3. The molecule has 1 aromatic carbocycles. The first kappa shape index (κ1) is 20.9. The second-order valence-electron chi connectivity index (χ2n) is 6.03. The van der Waals surface area contributed by atoms with Crippen molar-refractivity contribution in [1.29, 1.82) is 0 Å². The molecular weight excluding hydrogens is 395 g/mol. The van der Waals surface area contributed by atoms with Gasteiger partial charge in [-0.2, -0.15) is 17.5 Å². The maximum atomic E-state index is 13.0. The van der Waals surface area contributed by atoms with Crippen molar-refractivity contribution in [3.05, 3.63) is 28.8 Å². The Hall–Kier alpha value is -1.36. The number of nitrogens with zero attached hydrogens (tertiary/aromatic N) is 1. The molecule has 1 heterocycles. The van der Waals surface area contributed by atoms with Crippen molar-refractivity contribution < 1.29 is 31.3 Å². The average Bonchev–Trinajstić information content (AvgIpc) is 2.54. The van der Waals surface area contributed by atoms with E-state index in [1.54, 1.807) is 0 Å². The van der Waals surface area contributed by atoms with Crippen molar-refractivity contribution in [3.63, 3.8) is 0 Å². The van der Waals surface area contributed by atoms with E-state index in [1.165, 1.54) is 11.2 Å².